The molecule has 0 saturated carbocycles. The van der Waals surface area contributed by atoms with Crippen molar-refractivity contribution in [1.82, 2.24) is 4.98 Å². The maximum absolute atomic E-state index is 4.48. The van der Waals surface area contributed by atoms with Gasteiger partial charge in [-0.25, -0.2) is 4.98 Å². The molecule has 1 nitrogen and oxygen atoms in total. The van der Waals surface area contributed by atoms with Gasteiger partial charge >= 0.3 is 0 Å². The zero-order valence-corrected chi connectivity index (χ0v) is 9.61. The molecule has 1 aromatic heterocycles. The summed E-state index contributed by atoms with van der Waals surface area (Å²) in [5, 5.41) is 3.14. The predicted molar refractivity (Wildman–Crippen MR) is 65.0 cm³/mol. The average Bonchev–Trinajstić information content (AvgIpc) is 2.66. The summed E-state index contributed by atoms with van der Waals surface area (Å²) in [4.78, 5) is 4.48. The number of benzene rings is 1. The van der Waals surface area contributed by atoms with E-state index in [1.807, 2.05) is 0 Å². The summed E-state index contributed by atoms with van der Waals surface area (Å²) < 4.78 is 0. The number of rotatable bonds is 2. The van der Waals surface area contributed by atoms with Gasteiger partial charge in [-0.3, -0.25) is 0 Å². The molecule has 0 amide bonds. The zero-order valence-electron chi connectivity index (χ0n) is 7.90. The van der Waals surface area contributed by atoms with E-state index in [0.29, 0.717) is 5.75 Å². The maximum Gasteiger partial charge on any atom is 0.123 e. The Bertz CT molecular complexity index is 434. The summed E-state index contributed by atoms with van der Waals surface area (Å²) in [5.74, 6) is 0.711. The van der Waals surface area contributed by atoms with E-state index in [-0.39, 0.29) is 0 Å². The highest BCUT2D eigenvalue weighted by molar-refractivity contribution is 7.79. The molecule has 0 atom stereocenters. The number of thiazole rings is 1. The third-order valence-electron chi connectivity index (χ3n) is 1.98. The van der Waals surface area contributed by atoms with E-state index >= 15 is 0 Å². The second kappa shape index (κ2) is 4.15. The molecule has 0 N–H and O–H groups in total. The number of thiol groups is 1. The fraction of sp³-hybridized carbons (Fsp3) is 0.182. The highest BCUT2D eigenvalue weighted by atomic mass is 32.1. The molecule has 1 aromatic carbocycles. The number of hydrogen-bond acceptors (Lipinski definition) is 3. The molecule has 14 heavy (non-hydrogen) atoms. The van der Waals surface area contributed by atoms with E-state index < -0.39 is 0 Å². The Morgan fingerprint density at radius 1 is 1.43 bits per heavy atom. The molecule has 0 aliphatic rings. The topological polar surface area (TPSA) is 12.9 Å². The standard InChI is InChI=1S/C11H11NS2/c1-8-3-2-4-9(5-8)11-12-10(6-13)7-14-11/h2-5,7,13H,6H2,1H3. The predicted octanol–water partition coefficient (Wildman–Crippen LogP) is 3.55. The summed E-state index contributed by atoms with van der Waals surface area (Å²) in [6, 6.07) is 8.40. The first-order chi connectivity index (χ1) is 6.79. The molecule has 0 aliphatic carbocycles. The van der Waals surface area contributed by atoms with Gasteiger partial charge in [0.2, 0.25) is 0 Å². The van der Waals surface area contributed by atoms with Crippen LogP contribution in [0.4, 0.5) is 0 Å². The first-order valence-electron chi connectivity index (χ1n) is 4.42. The van der Waals surface area contributed by atoms with Gasteiger partial charge in [0.15, 0.2) is 0 Å². The van der Waals surface area contributed by atoms with Gasteiger partial charge in [0.25, 0.3) is 0 Å². The third-order valence-corrected chi connectivity index (χ3v) is 3.24. The summed E-state index contributed by atoms with van der Waals surface area (Å²) >= 11 is 5.88. The van der Waals surface area contributed by atoms with Crippen LogP contribution in [0.25, 0.3) is 10.6 Å². The highest BCUT2D eigenvalue weighted by Gasteiger charge is 2.02. The quantitative estimate of drug-likeness (QED) is 0.765. The van der Waals surface area contributed by atoms with Crippen molar-refractivity contribution < 1.29 is 0 Å². The summed E-state index contributed by atoms with van der Waals surface area (Å²) in [6.07, 6.45) is 0. The Morgan fingerprint density at radius 2 is 2.29 bits per heavy atom. The normalized spacial score (nSPS) is 10.4. The highest BCUT2D eigenvalue weighted by Crippen LogP contribution is 2.24. The van der Waals surface area contributed by atoms with Crippen LogP contribution < -0.4 is 0 Å². The van der Waals surface area contributed by atoms with Crippen LogP contribution in [0, 0.1) is 6.92 Å². The number of hydrogen-bond donors (Lipinski definition) is 1. The summed E-state index contributed by atoms with van der Waals surface area (Å²) in [5.41, 5.74) is 3.52. The molecule has 2 rings (SSSR count). The molecule has 0 spiro atoms. The van der Waals surface area contributed by atoms with Crippen molar-refractivity contribution in [3.05, 3.63) is 40.9 Å². The summed E-state index contributed by atoms with van der Waals surface area (Å²) in [6.45, 7) is 2.09. The van der Waals surface area contributed by atoms with Crippen LogP contribution in [-0.4, -0.2) is 4.98 Å². The largest absolute Gasteiger partial charge is 0.240 e. The van der Waals surface area contributed by atoms with Crippen molar-refractivity contribution >= 4 is 24.0 Å². The molecule has 0 aliphatic heterocycles. The molecule has 3 heteroatoms. The van der Waals surface area contributed by atoms with Crippen molar-refractivity contribution in [2.45, 2.75) is 12.7 Å². The molecule has 2 aromatic rings. The molecule has 72 valence electrons. The minimum absolute atomic E-state index is 0.711. The molecule has 0 bridgehead atoms. The zero-order chi connectivity index (χ0) is 9.97. The molecule has 0 fully saturated rings. The van der Waals surface area contributed by atoms with Gasteiger partial charge in [-0.1, -0.05) is 23.8 Å². The van der Waals surface area contributed by atoms with Gasteiger partial charge in [0.05, 0.1) is 5.69 Å². The van der Waals surface area contributed by atoms with Crippen LogP contribution in [0.1, 0.15) is 11.3 Å². The minimum Gasteiger partial charge on any atom is -0.240 e. The molecule has 0 saturated heterocycles. The van der Waals surface area contributed by atoms with Crippen LogP contribution in [0.15, 0.2) is 29.6 Å². The van der Waals surface area contributed by atoms with Gasteiger partial charge in [0, 0.05) is 16.7 Å². The lowest BCUT2D eigenvalue weighted by molar-refractivity contribution is 1.24. The average molecular weight is 221 g/mol. The SMILES string of the molecule is Cc1cccc(-c2nc(CS)cs2)c1. The van der Waals surface area contributed by atoms with Gasteiger partial charge in [-0.05, 0) is 13.0 Å². The van der Waals surface area contributed by atoms with E-state index in [4.69, 9.17) is 0 Å². The van der Waals surface area contributed by atoms with Crippen LogP contribution >= 0.6 is 24.0 Å². The van der Waals surface area contributed by atoms with Crippen molar-refractivity contribution in [2.75, 3.05) is 0 Å². The fourth-order valence-corrected chi connectivity index (χ4v) is 2.39. The second-order valence-electron chi connectivity index (χ2n) is 3.17. The van der Waals surface area contributed by atoms with E-state index in [1.54, 1.807) is 11.3 Å². The van der Waals surface area contributed by atoms with E-state index in [2.05, 4.69) is 54.2 Å². The Hall–Kier alpha value is -0.800. The van der Waals surface area contributed by atoms with Crippen LogP contribution in [0.3, 0.4) is 0 Å². The first kappa shape index (κ1) is 9.74. The Kier molecular flexibility index (Phi) is 2.89. The number of aryl methyl sites for hydroxylation is 1. The second-order valence-corrected chi connectivity index (χ2v) is 4.35. The van der Waals surface area contributed by atoms with Gasteiger partial charge in [0.1, 0.15) is 5.01 Å². The Labute approximate surface area is 93.2 Å². The Morgan fingerprint density at radius 3 is 2.93 bits per heavy atom. The summed E-state index contributed by atoms with van der Waals surface area (Å²) in [7, 11) is 0. The van der Waals surface area contributed by atoms with E-state index in [1.165, 1.54) is 11.1 Å². The van der Waals surface area contributed by atoms with Crippen molar-refractivity contribution in [3.8, 4) is 10.6 Å². The molecule has 0 radical (unpaired) electrons. The van der Waals surface area contributed by atoms with Crippen LogP contribution in [0.2, 0.25) is 0 Å². The lowest BCUT2D eigenvalue weighted by Crippen LogP contribution is -1.80. The van der Waals surface area contributed by atoms with Gasteiger partial charge < -0.3 is 0 Å². The Balaban J connectivity index is 2.39. The molecular formula is C11H11NS2. The third kappa shape index (κ3) is 1.99. The van der Waals surface area contributed by atoms with E-state index in [9.17, 15) is 0 Å². The van der Waals surface area contributed by atoms with Gasteiger partial charge in [-0.15, -0.1) is 11.3 Å². The lowest BCUT2D eigenvalue weighted by Gasteiger charge is -1.97. The monoisotopic (exact) mass is 221 g/mol. The van der Waals surface area contributed by atoms with Crippen LogP contribution in [0.5, 0.6) is 0 Å². The molecule has 0 unspecified atom stereocenters. The van der Waals surface area contributed by atoms with E-state index in [0.717, 1.165) is 10.7 Å². The van der Waals surface area contributed by atoms with Gasteiger partial charge in [-0.2, -0.15) is 12.6 Å². The molecule has 1 heterocycles. The minimum atomic E-state index is 0.711. The maximum atomic E-state index is 4.48. The van der Waals surface area contributed by atoms with Crippen LogP contribution in [-0.2, 0) is 5.75 Å². The number of aromatic nitrogens is 1. The van der Waals surface area contributed by atoms with Crippen molar-refractivity contribution in [3.63, 3.8) is 0 Å². The fourth-order valence-electron chi connectivity index (χ4n) is 1.29. The van der Waals surface area contributed by atoms with Crippen molar-refractivity contribution in [2.24, 2.45) is 0 Å². The smallest absolute Gasteiger partial charge is 0.123 e. The van der Waals surface area contributed by atoms with Crippen molar-refractivity contribution in [1.29, 1.82) is 0 Å². The lowest BCUT2D eigenvalue weighted by atomic mass is 10.1. The number of nitrogens with zero attached hydrogens (tertiary/aromatic N) is 1. The first-order valence-corrected chi connectivity index (χ1v) is 5.93. The molecular weight excluding hydrogens is 210 g/mol.